The van der Waals surface area contributed by atoms with Crippen molar-refractivity contribution in [3.8, 4) is 5.75 Å². The minimum atomic E-state index is -0.925. The number of methoxy groups -OCH3 is 1. The molecule has 0 radical (unpaired) electrons. The summed E-state index contributed by atoms with van der Waals surface area (Å²) in [6, 6.07) is 13.5. The van der Waals surface area contributed by atoms with Gasteiger partial charge in [-0.25, -0.2) is 4.39 Å². The van der Waals surface area contributed by atoms with E-state index in [9.17, 15) is 9.18 Å². The first kappa shape index (κ1) is 22.5. The molecule has 0 saturated carbocycles. The molecule has 7 heteroatoms. The van der Waals surface area contributed by atoms with Gasteiger partial charge in [-0.2, -0.15) is 0 Å². The maximum absolute atomic E-state index is 14.6. The normalized spacial score (nSPS) is 20.8. The number of aromatic nitrogens is 1. The summed E-state index contributed by atoms with van der Waals surface area (Å²) in [5.41, 5.74) is 1.18. The molecule has 6 nitrogen and oxygen atoms in total. The smallest absolute Gasteiger partial charge is 0.248 e. The van der Waals surface area contributed by atoms with Gasteiger partial charge in [-0.3, -0.25) is 4.79 Å². The van der Waals surface area contributed by atoms with Crippen LogP contribution < -0.4 is 10.3 Å². The van der Waals surface area contributed by atoms with Crippen molar-refractivity contribution in [3.05, 3.63) is 75.8 Å². The van der Waals surface area contributed by atoms with Crippen LogP contribution in [-0.4, -0.2) is 30.6 Å². The number of H-pyrrole nitrogens is 1. The topological polar surface area (TPSA) is 69.8 Å². The number of aromatic amines is 1. The molecule has 1 aliphatic heterocycles. The first-order chi connectivity index (χ1) is 15.1. The Morgan fingerprint density at radius 1 is 1.19 bits per heavy atom. The molecule has 4 rings (SSSR count). The van der Waals surface area contributed by atoms with Crippen LogP contribution in [0, 0.1) is 5.82 Å². The predicted octanol–water partition coefficient (Wildman–Crippen LogP) is 4.82. The molecule has 1 unspecified atom stereocenters. The molecule has 1 N–H and O–H groups in total. The summed E-state index contributed by atoms with van der Waals surface area (Å²) in [6.45, 7) is 7.76. The monoisotopic (exact) mass is 441 g/mol. The molecule has 0 spiro atoms. The lowest BCUT2D eigenvalue weighted by Gasteiger charge is -2.34. The molecule has 2 aromatic carbocycles. The van der Waals surface area contributed by atoms with E-state index in [0.29, 0.717) is 17.9 Å². The highest BCUT2D eigenvalue weighted by atomic mass is 19.1. The van der Waals surface area contributed by atoms with Gasteiger partial charge in [-0.05, 0) is 74.5 Å². The second kappa shape index (κ2) is 8.31. The van der Waals surface area contributed by atoms with Crippen LogP contribution in [0.4, 0.5) is 4.39 Å². The Kier molecular flexibility index (Phi) is 5.83. The van der Waals surface area contributed by atoms with E-state index in [4.69, 9.17) is 18.9 Å². The summed E-state index contributed by atoms with van der Waals surface area (Å²) in [5.74, 6) is -0.774. The Morgan fingerprint density at radius 3 is 2.66 bits per heavy atom. The summed E-state index contributed by atoms with van der Waals surface area (Å²) >= 11 is 0. The van der Waals surface area contributed by atoms with Gasteiger partial charge < -0.3 is 23.9 Å². The van der Waals surface area contributed by atoms with Gasteiger partial charge in [0.25, 0.3) is 0 Å². The molecule has 3 aromatic rings. The van der Waals surface area contributed by atoms with E-state index < -0.39 is 23.3 Å². The van der Waals surface area contributed by atoms with Gasteiger partial charge >= 0.3 is 0 Å². The Bertz CT molecular complexity index is 1190. The van der Waals surface area contributed by atoms with Crippen molar-refractivity contribution in [3.63, 3.8) is 0 Å². The fourth-order valence-electron chi connectivity index (χ4n) is 4.01. The van der Waals surface area contributed by atoms with Crippen LogP contribution >= 0.6 is 0 Å². The Hall–Kier alpha value is -2.74. The minimum Gasteiger partial charge on any atom is -0.486 e. The largest absolute Gasteiger partial charge is 0.486 e. The molecular weight excluding hydrogens is 413 g/mol. The Labute approximate surface area is 186 Å². The van der Waals surface area contributed by atoms with Gasteiger partial charge in [0.05, 0.1) is 6.61 Å². The fraction of sp³-hybridized carbons (Fsp3) is 0.400. The van der Waals surface area contributed by atoms with E-state index >= 15 is 0 Å². The molecule has 0 amide bonds. The molecule has 1 aliphatic rings. The average Bonchev–Trinajstić information content (AvgIpc) is 3.12. The molecule has 1 fully saturated rings. The van der Waals surface area contributed by atoms with Gasteiger partial charge in [-0.15, -0.1) is 0 Å². The van der Waals surface area contributed by atoms with Crippen molar-refractivity contribution in [2.45, 2.75) is 51.3 Å². The number of ether oxygens (including phenoxy) is 4. The number of hydrogen-bond donors (Lipinski definition) is 1. The summed E-state index contributed by atoms with van der Waals surface area (Å²) in [6.07, 6.45) is -0.753. The van der Waals surface area contributed by atoms with E-state index in [1.165, 1.54) is 18.2 Å². The van der Waals surface area contributed by atoms with Crippen molar-refractivity contribution < 1.29 is 23.3 Å². The van der Waals surface area contributed by atoms with Crippen LogP contribution in [0.1, 0.15) is 44.9 Å². The summed E-state index contributed by atoms with van der Waals surface area (Å²) in [7, 11) is 1.57. The van der Waals surface area contributed by atoms with Gasteiger partial charge in [0.2, 0.25) is 5.56 Å². The SMILES string of the molecule is CO[C@@](C)(c1cc(F)cc(OC(C)c2ccc3[nH]c(=O)ccc3c2)c1)[C@H]1COC(C)(C)O1. The Morgan fingerprint density at radius 2 is 1.97 bits per heavy atom. The second-order valence-corrected chi connectivity index (χ2v) is 8.73. The van der Waals surface area contributed by atoms with E-state index in [0.717, 1.165) is 16.5 Å². The number of hydrogen-bond acceptors (Lipinski definition) is 5. The molecular formula is C25H28FNO5. The number of benzene rings is 2. The van der Waals surface area contributed by atoms with Gasteiger partial charge in [0, 0.05) is 24.8 Å². The Balaban J connectivity index is 1.61. The second-order valence-electron chi connectivity index (χ2n) is 8.73. The van der Waals surface area contributed by atoms with Crippen LogP contribution in [0.25, 0.3) is 10.9 Å². The lowest BCUT2D eigenvalue weighted by molar-refractivity contribution is -0.175. The summed E-state index contributed by atoms with van der Waals surface area (Å²) in [4.78, 5) is 14.3. The zero-order valence-corrected chi connectivity index (χ0v) is 18.9. The fourth-order valence-corrected chi connectivity index (χ4v) is 4.01. The molecule has 0 aliphatic carbocycles. The zero-order valence-electron chi connectivity index (χ0n) is 18.9. The van der Waals surface area contributed by atoms with Crippen LogP contribution in [0.5, 0.6) is 5.75 Å². The van der Waals surface area contributed by atoms with Crippen molar-refractivity contribution in [2.24, 2.45) is 0 Å². The average molecular weight is 441 g/mol. The predicted molar refractivity (Wildman–Crippen MR) is 119 cm³/mol. The van der Waals surface area contributed by atoms with Crippen molar-refractivity contribution in [1.29, 1.82) is 0 Å². The van der Waals surface area contributed by atoms with Crippen LogP contribution in [0.15, 0.2) is 53.3 Å². The molecule has 170 valence electrons. The van der Waals surface area contributed by atoms with Crippen LogP contribution in [-0.2, 0) is 19.8 Å². The first-order valence-corrected chi connectivity index (χ1v) is 10.6. The lowest BCUT2D eigenvalue weighted by Crippen LogP contribution is -2.41. The maximum Gasteiger partial charge on any atom is 0.248 e. The standard InChI is InChI=1S/C25H28FNO5/c1-15(16-6-8-21-17(10-16)7-9-23(28)27-21)31-20-12-18(11-19(26)13-20)25(4,29-5)22-14-30-24(2,3)32-22/h6-13,15,22H,14H2,1-5H3,(H,27,28)/t15?,22-,25+/m1/s1. The lowest BCUT2D eigenvalue weighted by atomic mass is 9.89. The third-order valence-electron chi connectivity index (χ3n) is 6.02. The third kappa shape index (κ3) is 4.41. The number of fused-ring (bicyclic) bond motifs is 1. The highest BCUT2D eigenvalue weighted by Crippen LogP contribution is 2.39. The molecule has 32 heavy (non-hydrogen) atoms. The maximum atomic E-state index is 14.6. The van der Waals surface area contributed by atoms with Gasteiger partial charge in [0.15, 0.2) is 5.79 Å². The van der Waals surface area contributed by atoms with Crippen LogP contribution in [0.3, 0.4) is 0 Å². The number of halogens is 1. The highest BCUT2D eigenvalue weighted by Gasteiger charge is 2.46. The quantitative estimate of drug-likeness (QED) is 0.594. The highest BCUT2D eigenvalue weighted by molar-refractivity contribution is 5.79. The first-order valence-electron chi connectivity index (χ1n) is 10.6. The molecule has 1 saturated heterocycles. The summed E-state index contributed by atoms with van der Waals surface area (Å²) in [5, 5.41) is 0.894. The molecule has 2 heterocycles. The third-order valence-corrected chi connectivity index (χ3v) is 6.02. The van der Waals surface area contributed by atoms with Gasteiger partial charge in [-0.1, -0.05) is 6.07 Å². The molecule has 3 atom stereocenters. The van der Waals surface area contributed by atoms with Crippen molar-refractivity contribution in [2.75, 3.05) is 13.7 Å². The van der Waals surface area contributed by atoms with E-state index in [1.807, 2.05) is 45.9 Å². The minimum absolute atomic E-state index is 0.150. The molecule has 0 bridgehead atoms. The number of nitrogens with one attached hydrogen (secondary N) is 1. The number of rotatable bonds is 6. The van der Waals surface area contributed by atoms with Crippen LogP contribution in [0.2, 0.25) is 0 Å². The summed E-state index contributed by atoms with van der Waals surface area (Å²) < 4.78 is 38.2. The molecule has 1 aromatic heterocycles. The van der Waals surface area contributed by atoms with E-state index in [1.54, 1.807) is 19.2 Å². The van der Waals surface area contributed by atoms with Crippen molar-refractivity contribution >= 4 is 10.9 Å². The van der Waals surface area contributed by atoms with Crippen molar-refractivity contribution in [1.82, 2.24) is 4.98 Å². The number of pyridine rings is 1. The van der Waals surface area contributed by atoms with E-state index in [-0.39, 0.29) is 11.7 Å². The van der Waals surface area contributed by atoms with Gasteiger partial charge in [0.1, 0.15) is 29.4 Å². The van der Waals surface area contributed by atoms with E-state index in [2.05, 4.69) is 4.98 Å². The zero-order chi connectivity index (χ0) is 23.1.